The summed E-state index contributed by atoms with van der Waals surface area (Å²) in [4.78, 5) is 4.33. The fraction of sp³-hybridized carbons (Fsp3) is 0.158. The number of nitrogens with zero attached hydrogens (tertiary/aromatic N) is 2. The highest BCUT2D eigenvalue weighted by Crippen LogP contribution is 2.39. The number of benzene rings is 2. The summed E-state index contributed by atoms with van der Waals surface area (Å²) in [6.07, 6.45) is 2.51. The van der Waals surface area contributed by atoms with Crippen LogP contribution >= 0.6 is 23.2 Å². The van der Waals surface area contributed by atoms with Gasteiger partial charge in [0.1, 0.15) is 5.03 Å². The van der Waals surface area contributed by atoms with Gasteiger partial charge in [0.15, 0.2) is 11.5 Å². The number of rotatable bonds is 3. The minimum atomic E-state index is 0.230. The summed E-state index contributed by atoms with van der Waals surface area (Å²) in [5.41, 5.74) is 1.61. The number of aromatic nitrogens is 2. The standard InChI is InChI=1S/C19H14Cl2N2O3/c20-14-9-12(11-16-17(14)25-8-4-7-24-16)10-15(21)19-22-18(23-26-19)13-5-2-1-3-6-13/h1-3,5-6,9-11H,4,7-8H2/b15-10-. The molecular formula is C19H14Cl2N2O3. The van der Waals surface area contributed by atoms with E-state index in [9.17, 15) is 0 Å². The molecule has 1 aliphatic rings. The van der Waals surface area contributed by atoms with Crippen LogP contribution in [0.15, 0.2) is 47.0 Å². The highest BCUT2D eigenvalue weighted by molar-refractivity contribution is 6.50. The van der Waals surface area contributed by atoms with Crippen LogP contribution in [0, 0.1) is 0 Å². The lowest BCUT2D eigenvalue weighted by molar-refractivity contribution is 0.297. The predicted molar refractivity (Wildman–Crippen MR) is 101 cm³/mol. The van der Waals surface area contributed by atoms with Crippen LogP contribution in [0.25, 0.3) is 22.5 Å². The lowest BCUT2D eigenvalue weighted by atomic mass is 10.2. The van der Waals surface area contributed by atoms with Crippen molar-refractivity contribution >= 4 is 34.3 Å². The van der Waals surface area contributed by atoms with E-state index in [0.29, 0.717) is 40.6 Å². The summed E-state index contributed by atoms with van der Waals surface area (Å²) < 4.78 is 16.6. The number of hydrogen-bond acceptors (Lipinski definition) is 5. The Bertz CT molecular complexity index is 955. The van der Waals surface area contributed by atoms with Crippen molar-refractivity contribution in [3.05, 3.63) is 58.9 Å². The van der Waals surface area contributed by atoms with E-state index in [1.54, 1.807) is 12.1 Å². The molecule has 7 heteroatoms. The zero-order valence-electron chi connectivity index (χ0n) is 13.6. The summed E-state index contributed by atoms with van der Waals surface area (Å²) in [6, 6.07) is 13.1. The molecule has 0 N–H and O–H groups in total. The molecule has 1 aliphatic heterocycles. The van der Waals surface area contributed by atoms with E-state index in [-0.39, 0.29) is 5.89 Å². The van der Waals surface area contributed by atoms with Crippen molar-refractivity contribution in [2.24, 2.45) is 0 Å². The van der Waals surface area contributed by atoms with Gasteiger partial charge in [0.05, 0.1) is 18.2 Å². The van der Waals surface area contributed by atoms with Crippen molar-refractivity contribution in [2.75, 3.05) is 13.2 Å². The number of fused-ring (bicyclic) bond motifs is 1. The second-order valence-corrected chi connectivity index (χ2v) is 6.48. The van der Waals surface area contributed by atoms with Crippen LogP contribution in [-0.2, 0) is 0 Å². The lowest BCUT2D eigenvalue weighted by Gasteiger charge is -2.10. The third kappa shape index (κ3) is 3.54. The lowest BCUT2D eigenvalue weighted by Crippen LogP contribution is -1.97. The van der Waals surface area contributed by atoms with Gasteiger partial charge in [0, 0.05) is 12.0 Å². The third-order valence-corrected chi connectivity index (χ3v) is 4.33. The van der Waals surface area contributed by atoms with Crippen LogP contribution in [0.5, 0.6) is 11.5 Å². The van der Waals surface area contributed by atoms with Crippen molar-refractivity contribution in [2.45, 2.75) is 6.42 Å². The maximum Gasteiger partial charge on any atom is 0.269 e. The van der Waals surface area contributed by atoms with E-state index in [1.165, 1.54) is 0 Å². The van der Waals surface area contributed by atoms with E-state index in [1.807, 2.05) is 36.4 Å². The highest BCUT2D eigenvalue weighted by atomic mass is 35.5. The molecule has 3 aromatic rings. The van der Waals surface area contributed by atoms with Crippen molar-refractivity contribution < 1.29 is 14.0 Å². The molecule has 5 nitrogen and oxygen atoms in total. The molecule has 0 aliphatic carbocycles. The van der Waals surface area contributed by atoms with Crippen LogP contribution in [0.2, 0.25) is 5.02 Å². The van der Waals surface area contributed by atoms with Gasteiger partial charge in [-0.2, -0.15) is 4.98 Å². The molecule has 0 radical (unpaired) electrons. The van der Waals surface area contributed by atoms with Crippen molar-refractivity contribution in [3.8, 4) is 22.9 Å². The highest BCUT2D eigenvalue weighted by Gasteiger charge is 2.16. The Morgan fingerprint density at radius 3 is 2.73 bits per heavy atom. The monoisotopic (exact) mass is 388 g/mol. The van der Waals surface area contributed by atoms with Gasteiger partial charge in [0.25, 0.3) is 5.89 Å². The third-order valence-electron chi connectivity index (χ3n) is 3.78. The minimum absolute atomic E-state index is 0.230. The van der Waals surface area contributed by atoms with Gasteiger partial charge in [-0.1, -0.05) is 58.7 Å². The quantitative estimate of drug-likeness (QED) is 0.609. The van der Waals surface area contributed by atoms with Gasteiger partial charge in [-0.25, -0.2) is 0 Å². The molecule has 2 heterocycles. The van der Waals surface area contributed by atoms with Gasteiger partial charge in [-0.15, -0.1) is 0 Å². The molecule has 4 rings (SSSR count). The van der Waals surface area contributed by atoms with Crippen LogP contribution in [0.4, 0.5) is 0 Å². The average Bonchev–Trinajstić information content (AvgIpc) is 3.02. The summed E-state index contributed by atoms with van der Waals surface area (Å²) in [6.45, 7) is 1.15. The molecule has 0 saturated heterocycles. The molecule has 0 amide bonds. The van der Waals surface area contributed by atoms with E-state index in [4.69, 9.17) is 37.2 Å². The SMILES string of the molecule is Cl/C(=C\c1cc(Cl)c2c(c1)OCCCO2)c1nc(-c2ccccc2)no1. The first-order valence-corrected chi connectivity index (χ1v) is 8.82. The van der Waals surface area contributed by atoms with Crippen LogP contribution in [0.3, 0.4) is 0 Å². The van der Waals surface area contributed by atoms with E-state index in [0.717, 1.165) is 17.5 Å². The molecule has 132 valence electrons. The molecule has 0 atom stereocenters. The summed E-state index contributed by atoms with van der Waals surface area (Å²) in [5, 5.41) is 4.75. The van der Waals surface area contributed by atoms with Gasteiger partial charge in [0.2, 0.25) is 5.82 Å². The van der Waals surface area contributed by atoms with Crippen molar-refractivity contribution in [1.29, 1.82) is 0 Å². The first-order chi connectivity index (χ1) is 12.7. The Balaban J connectivity index is 1.63. The predicted octanol–water partition coefficient (Wildman–Crippen LogP) is 5.29. The Hall–Kier alpha value is -2.50. The first kappa shape index (κ1) is 16.9. The summed E-state index contributed by atoms with van der Waals surface area (Å²) >= 11 is 12.7. The number of halogens is 2. The Morgan fingerprint density at radius 1 is 1.08 bits per heavy atom. The van der Waals surface area contributed by atoms with Crippen LogP contribution in [0.1, 0.15) is 17.9 Å². The Kier molecular flexibility index (Phi) is 4.82. The van der Waals surface area contributed by atoms with Crippen molar-refractivity contribution in [1.82, 2.24) is 10.1 Å². The Morgan fingerprint density at radius 2 is 1.88 bits per heavy atom. The second-order valence-electron chi connectivity index (χ2n) is 5.66. The zero-order chi connectivity index (χ0) is 17.9. The van der Waals surface area contributed by atoms with E-state index < -0.39 is 0 Å². The minimum Gasteiger partial charge on any atom is -0.489 e. The largest absolute Gasteiger partial charge is 0.489 e. The summed E-state index contributed by atoms with van der Waals surface area (Å²) in [7, 11) is 0. The molecule has 1 aromatic heterocycles. The normalized spacial score (nSPS) is 14.2. The molecule has 2 aromatic carbocycles. The van der Waals surface area contributed by atoms with Gasteiger partial charge in [-0.05, 0) is 23.8 Å². The first-order valence-electron chi connectivity index (χ1n) is 8.06. The molecule has 0 bridgehead atoms. The van der Waals surface area contributed by atoms with Crippen LogP contribution in [-0.4, -0.2) is 23.4 Å². The summed E-state index contributed by atoms with van der Waals surface area (Å²) in [5.74, 6) is 1.86. The van der Waals surface area contributed by atoms with Gasteiger partial charge >= 0.3 is 0 Å². The van der Waals surface area contributed by atoms with E-state index >= 15 is 0 Å². The molecular weight excluding hydrogens is 375 g/mol. The molecule has 0 fully saturated rings. The second kappa shape index (κ2) is 7.40. The maximum absolute atomic E-state index is 6.36. The number of hydrogen-bond donors (Lipinski definition) is 0. The van der Waals surface area contributed by atoms with Gasteiger partial charge in [-0.3, -0.25) is 0 Å². The van der Waals surface area contributed by atoms with Crippen molar-refractivity contribution in [3.63, 3.8) is 0 Å². The smallest absolute Gasteiger partial charge is 0.269 e. The zero-order valence-corrected chi connectivity index (χ0v) is 15.1. The molecule has 26 heavy (non-hydrogen) atoms. The molecule has 0 saturated carbocycles. The molecule has 0 unspecified atom stereocenters. The fourth-order valence-electron chi connectivity index (χ4n) is 2.57. The fourth-order valence-corrected chi connectivity index (χ4v) is 3.04. The Labute approximate surface area is 160 Å². The van der Waals surface area contributed by atoms with Gasteiger partial charge < -0.3 is 14.0 Å². The topological polar surface area (TPSA) is 57.4 Å². The maximum atomic E-state index is 6.36. The van der Waals surface area contributed by atoms with Crippen LogP contribution < -0.4 is 9.47 Å². The number of ether oxygens (including phenoxy) is 2. The van der Waals surface area contributed by atoms with E-state index in [2.05, 4.69) is 10.1 Å². The molecule has 0 spiro atoms. The average molecular weight is 389 g/mol.